The zero-order valence-corrected chi connectivity index (χ0v) is 13.3. The number of alkyl halides is 3. The number of halogens is 4. The lowest BCUT2D eigenvalue weighted by atomic mass is 10.0. The molecule has 0 aromatic heterocycles. The van der Waals surface area contributed by atoms with Crippen LogP contribution in [0.25, 0.3) is 0 Å². The van der Waals surface area contributed by atoms with Crippen molar-refractivity contribution in [2.75, 3.05) is 40.4 Å². The lowest BCUT2D eigenvalue weighted by Gasteiger charge is -2.36. The Balaban J connectivity index is 0.00000242. The van der Waals surface area contributed by atoms with Gasteiger partial charge in [0.1, 0.15) is 17.5 Å². The molecule has 0 unspecified atom stereocenters. The Morgan fingerprint density at radius 1 is 1.14 bits per heavy atom. The average Bonchev–Trinajstić information content (AvgIpc) is 2.47. The first-order valence-electron chi connectivity index (χ1n) is 6.70. The van der Waals surface area contributed by atoms with Crippen molar-refractivity contribution in [1.82, 2.24) is 10.2 Å². The van der Waals surface area contributed by atoms with Gasteiger partial charge in [-0.3, -0.25) is 4.90 Å². The molecule has 0 aliphatic carbocycles. The molecule has 1 fully saturated rings. The minimum atomic E-state index is -4.36. The monoisotopic (exact) mass is 340 g/mol. The number of methoxy groups -OCH3 is 2. The molecule has 0 radical (unpaired) electrons. The highest BCUT2D eigenvalue weighted by Gasteiger charge is 2.46. The molecule has 1 aromatic rings. The molecule has 1 atom stereocenters. The summed E-state index contributed by atoms with van der Waals surface area (Å²) in [5.41, 5.74) is 0.118. The predicted octanol–water partition coefficient (Wildman–Crippen LogP) is 2.63. The van der Waals surface area contributed by atoms with Crippen LogP contribution in [0.1, 0.15) is 11.6 Å². The van der Waals surface area contributed by atoms with Crippen molar-refractivity contribution in [3.05, 3.63) is 23.8 Å². The van der Waals surface area contributed by atoms with Gasteiger partial charge in [-0.2, -0.15) is 13.2 Å². The quantitative estimate of drug-likeness (QED) is 0.913. The number of rotatable bonds is 4. The van der Waals surface area contributed by atoms with Gasteiger partial charge in [-0.05, 0) is 12.1 Å². The zero-order valence-electron chi connectivity index (χ0n) is 12.4. The van der Waals surface area contributed by atoms with Crippen molar-refractivity contribution in [3.63, 3.8) is 0 Å². The number of hydrogen-bond acceptors (Lipinski definition) is 4. The van der Waals surface area contributed by atoms with E-state index in [1.807, 2.05) is 0 Å². The Morgan fingerprint density at radius 3 is 2.27 bits per heavy atom. The molecule has 0 bridgehead atoms. The van der Waals surface area contributed by atoms with Crippen LogP contribution in [-0.2, 0) is 0 Å². The molecule has 8 heteroatoms. The van der Waals surface area contributed by atoms with Crippen LogP contribution in [0.5, 0.6) is 11.5 Å². The summed E-state index contributed by atoms with van der Waals surface area (Å²) in [5, 5.41) is 3.06. The van der Waals surface area contributed by atoms with Gasteiger partial charge in [0.2, 0.25) is 0 Å². The number of nitrogens with zero attached hydrogens (tertiary/aromatic N) is 1. The normalized spacial score (nSPS) is 17.5. The van der Waals surface area contributed by atoms with Gasteiger partial charge in [0.05, 0.1) is 14.2 Å². The first-order valence-corrected chi connectivity index (χ1v) is 6.70. The second kappa shape index (κ2) is 7.89. The van der Waals surface area contributed by atoms with Gasteiger partial charge in [0, 0.05) is 37.8 Å². The van der Waals surface area contributed by atoms with Crippen LogP contribution in [0.4, 0.5) is 13.2 Å². The maximum atomic E-state index is 13.5. The van der Waals surface area contributed by atoms with Crippen LogP contribution in [-0.4, -0.2) is 51.5 Å². The van der Waals surface area contributed by atoms with Crippen LogP contribution < -0.4 is 14.8 Å². The molecule has 1 heterocycles. The molecular formula is C14H20ClF3N2O2. The fourth-order valence-electron chi connectivity index (χ4n) is 2.56. The van der Waals surface area contributed by atoms with Crippen molar-refractivity contribution in [2.45, 2.75) is 12.2 Å². The minimum Gasteiger partial charge on any atom is -0.497 e. The lowest BCUT2D eigenvalue weighted by Crippen LogP contribution is -2.49. The molecular weight excluding hydrogens is 321 g/mol. The minimum absolute atomic E-state index is 0. The fourth-order valence-corrected chi connectivity index (χ4v) is 2.56. The van der Waals surface area contributed by atoms with E-state index in [0.29, 0.717) is 31.9 Å². The van der Waals surface area contributed by atoms with E-state index in [1.54, 1.807) is 0 Å². The van der Waals surface area contributed by atoms with Gasteiger partial charge >= 0.3 is 6.18 Å². The Morgan fingerprint density at radius 2 is 1.77 bits per heavy atom. The summed E-state index contributed by atoms with van der Waals surface area (Å²) in [6, 6.07) is 2.77. The summed E-state index contributed by atoms with van der Waals surface area (Å²) in [6.07, 6.45) is -4.36. The van der Waals surface area contributed by atoms with Gasteiger partial charge in [0.15, 0.2) is 0 Å². The molecule has 4 nitrogen and oxygen atoms in total. The highest BCUT2D eigenvalue weighted by atomic mass is 35.5. The summed E-state index contributed by atoms with van der Waals surface area (Å²) in [5.74, 6) is 0.659. The van der Waals surface area contributed by atoms with Crippen molar-refractivity contribution >= 4 is 12.4 Å². The van der Waals surface area contributed by atoms with Crippen molar-refractivity contribution in [2.24, 2.45) is 0 Å². The largest absolute Gasteiger partial charge is 0.497 e. The smallest absolute Gasteiger partial charge is 0.408 e. The highest BCUT2D eigenvalue weighted by Crippen LogP contribution is 2.42. The summed E-state index contributed by atoms with van der Waals surface area (Å²) in [4.78, 5) is 1.43. The lowest BCUT2D eigenvalue weighted by molar-refractivity contribution is -0.188. The molecule has 1 N–H and O–H groups in total. The molecule has 22 heavy (non-hydrogen) atoms. The number of hydrogen-bond donors (Lipinski definition) is 1. The van der Waals surface area contributed by atoms with Crippen LogP contribution in [0.3, 0.4) is 0 Å². The van der Waals surface area contributed by atoms with E-state index in [1.165, 1.54) is 37.3 Å². The van der Waals surface area contributed by atoms with Crippen molar-refractivity contribution in [3.8, 4) is 11.5 Å². The van der Waals surface area contributed by atoms with E-state index in [0.717, 1.165) is 0 Å². The number of nitrogens with one attached hydrogen (secondary N) is 1. The van der Waals surface area contributed by atoms with E-state index in [2.05, 4.69) is 5.32 Å². The van der Waals surface area contributed by atoms with E-state index in [-0.39, 0.29) is 23.7 Å². The van der Waals surface area contributed by atoms with E-state index in [4.69, 9.17) is 9.47 Å². The molecule has 2 rings (SSSR count). The van der Waals surface area contributed by atoms with E-state index >= 15 is 0 Å². The molecule has 0 saturated carbocycles. The van der Waals surface area contributed by atoms with Crippen molar-refractivity contribution < 1.29 is 22.6 Å². The standard InChI is InChI=1S/C14H19F3N2O2.ClH/c1-20-10-3-4-11(12(9-10)21-2)13(14(15,16)17)19-7-5-18-6-8-19;/h3-4,9,13,18H,5-8H2,1-2H3;1H/t13-;/m1./s1. The maximum Gasteiger partial charge on any atom is 0.408 e. The SMILES string of the molecule is COc1ccc([C@@H](N2CCNCC2)C(F)(F)F)c(OC)c1.Cl. The molecule has 0 amide bonds. The van der Waals surface area contributed by atoms with Crippen LogP contribution in [0, 0.1) is 0 Å². The molecule has 126 valence electrons. The zero-order chi connectivity index (χ0) is 15.5. The van der Waals surface area contributed by atoms with Crippen molar-refractivity contribution in [1.29, 1.82) is 0 Å². The molecule has 1 aromatic carbocycles. The van der Waals surface area contributed by atoms with Gasteiger partial charge in [-0.1, -0.05) is 0 Å². The molecule has 1 saturated heterocycles. The van der Waals surface area contributed by atoms with E-state index < -0.39 is 12.2 Å². The third-order valence-electron chi connectivity index (χ3n) is 3.56. The first-order chi connectivity index (χ1) is 9.97. The summed E-state index contributed by atoms with van der Waals surface area (Å²) >= 11 is 0. The van der Waals surface area contributed by atoms with Crippen LogP contribution in [0.15, 0.2) is 18.2 Å². The topological polar surface area (TPSA) is 33.7 Å². The number of ether oxygens (including phenoxy) is 2. The third kappa shape index (κ3) is 4.18. The van der Waals surface area contributed by atoms with Gasteiger partial charge in [-0.15, -0.1) is 12.4 Å². The number of benzene rings is 1. The van der Waals surface area contributed by atoms with Crippen LogP contribution in [0.2, 0.25) is 0 Å². The Hall–Kier alpha value is -1.18. The Bertz CT molecular complexity index is 480. The molecule has 1 aliphatic rings. The van der Waals surface area contributed by atoms with Gasteiger partial charge in [-0.25, -0.2) is 0 Å². The van der Waals surface area contributed by atoms with Crippen LogP contribution >= 0.6 is 12.4 Å². The first kappa shape index (κ1) is 18.9. The second-order valence-electron chi connectivity index (χ2n) is 4.84. The highest BCUT2D eigenvalue weighted by molar-refractivity contribution is 5.85. The fraction of sp³-hybridized carbons (Fsp3) is 0.571. The summed E-state index contributed by atoms with van der Waals surface area (Å²) in [7, 11) is 2.83. The Kier molecular flexibility index (Phi) is 6.77. The van der Waals surface area contributed by atoms with Gasteiger partial charge in [0.25, 0.3) is 0 Å². The summed E-state index contributed by atoms with van der Waals surface area (Å²) in [6.45, 7) is 1.79. The Labute approximate surface area is 134 Å². The third-order valence-corrected chi connectivity index (χ3v) is 3.56. The molecule has 0 spiro atoms. The average molecular weight is 341 g/mol. The maximum absolute atomic E-state index is 13.5. The van der Waals surface area contributed by atoms with E-state index in [9.17, 15) is 13.2 Å². The summed E-state index contributed by atoms with van der Waals surface area (Å²) < 4.78 is 50.8. The number of piperazine rings is 1. The molecule has 1 aliphatic heterocycles. The second-order valence-corrected chi connectivity index (χ2v) is 4.84. The predicted molar refractivity (Wildman–Crippen MR) is 80.0 cm³/mol. The van der Waals surface area contributed by atoms with Gasteiger partial charge < -0.3 is 14.8 Å².